The van der Waals surface area contributed by atoms with Crippen LogP contribution in [0.5, 0.6) is 0 Å². The molecule has 0 spiro atoms. The Morgan fingerprint density at radius 2 is 1.65 bits per heavy atom. The van der Waals surface area contributed by atoms with Crippen LogP contribution in [0.15, 0.2) is 59.5 Å². The van der Waals surface area contributed by atoms with Gasteiger partial charge < -0.3 is 5.32 Å². The molecule has 1 N–H and O–H groups in total. The van der Waals surface area contributed by atoms with Crippen LogP contribution in [0.2, 0.25) is 0 Å². The average molecular weight is 375 g/mol. The quantitative estimate of drug-likeness (QED) is 0.619. The Balaban J connectivity index is 2.03. The highest BCUT2D eigenvalue weighted by Crippen LogP contribution is 2.30. The minimum absolute atomic E-state index is 0.193. The monoisotopic (exact) mass is 375 g/mol. The summed E-state index contributed by atoms with van der Waals surface area (Å²) in [5.41, 5.74) is 0.465. The number of benzene rings is 2. The molecule has 3 rings (SSSR count). The highest BCUT2D eigenvalue weighted by Gasteiger charge is 2.36. The summed E-state index contributed by atoms with van der Waals surface area (Å²) in [6.45, 7) is 1.64. The first-order chi connectivity index (χ1) is 12.5. The van der Waals surface area contributed by atoms with Crippen LogP contribution in [-0.2, 0) is 16.6 Å². The van der Waals surface area contributed by atoms with Crippen LogP contribution < -0.4 is 5.32 Å². The summed E-state index contributed by atoms with van der Waals surface area (Å²) in [4.78, 5) is 10.4. The second kappa shape index (κ2) is 7.94. The molecule has 1 saturated heterocycles. The van der Waals surface area contributed by atoms with Crippen molar-refractivity contribution in [1.82, 2.24) is 9.62 Å². The van der Waals surface area contributed by atoms with E-state index in [1.54, 1.807) is 0 Å². The Morgan fingerprint density at radius 3 is 2.31 bits per heavy atom. The Morgan fingerprint density at radius 1 is 1.04 bits per heavy atom. The van der Waals surface area contributed by atoms with Gasteiger partial charge in [-0.1, -0.05) is 42.5 Å². The van der Waals surface area contributed by atoms with Gasteiger partial charge in [0.25, 0.3) is 5.69 Å². The molecule has 2 aromatic rings. The van der Waals surface area contributed by atoms with Crippen molar-refractivity contribution in [2.45, 2.75) is 30.3 Å². The van der Waals surface area contributed by atoms with Crippen LogP contribution in [-0.4, -0.2) is 36.8 Å². The predicted octanol–water partition coefficient (Wildman–Crippen LogP) is 2.54. The van der Waals surface area contributed by atoms with Gasteiger partial charge in [0.05, 0.1) is 4.92 Å². The van der Waals surface area contributed by atoms with E-state index >= 15 is 0 Å². The van der Waals surface area contributed by atoms with E-state index in [2.05, 4.69) is 5.32 Å². The number of para-hydroxylation sites is 1. The maximum Gasteiger partial charge on any atom is 0.289 e. The van der Waals surface area contributed by atoms with Crippen LogP contribution >= 0.6 is 0 Å². The topological polar surface area (TPSA) is 92.5 Å². The molecule has 8 heteroatoms. The van der Waals surface area contributed by atoms with Crippen molar-refractivity contribution >= 4 is 15.7 Å². The number of rotatable bonds is 6. The van der Waals surface area contributed by atoms with Gasteiger partial charge in [0.2, 0.25) is 10.0 Å². The van der Waals surface area contributed by atoms with Crippen LogP contribution in [0.4, 0.5) is 5.69 Å². The van der Waals surface area contributed by atoms with Gasteiger partial charge in [-0.3, -0.25) is 10.1 Å². The summed E-state index contributed by atoms with van der Waals surface area (Å²) in [5, 5.41) is 14.6. The summed E-state index contributed by atoms with van der Waals surface area (Å²) in [5.74, 6) is 0. The van der Waals surface area contributed by atoms with Gasteiger partial charge in [-0.05, 0) is 37.6 Å². The molecule has 7 nitrogen and oxygen atoms in total. The van der Waals surface area contributed by atoms with Gasteiger partial charge in [0.1, 0.15) is 0 Å². The molecule has 0 aromatic heterocycles. The van der Waals surface area contributed by atoms with Gasteiger partial charge in [0, 0.05) is 18.7 Å². The zero-order valence-electron chi connectivity index (χ0n) is 14.2. The molecular formula is C18H21N3O4S. The first-order valence-corrected chi connectivity index (χ1v) is 9.94. The van der Waals surface area contributed by atoms with Crippen molar-refractivity contribution in [3.8, 4) is 0 Å². The van der Waals surface area contributed by atoms with E-state index in [4.69, 9.17) is 0 Å². The van der Waals surface area contributed by atoms with Crippen molar-refractivity contribution < 1.29 is 13.3 Å². The standard InChI is InChI=1S/C18H21N3O4S/c22-21(23)17-8-4-5-9-18(17)26(24,25)20(16-10-12-19-13-11-16)14-15-6-2-1-3-7-15/h1-9,16,19H,10-14H2. The molecule has 1 fully saturated rings. The Kier molecular flexibility index (Phi) is 5.65. The van der Waals surface area contributed by atoms with Crippen molar-refractivity contribution in [2.75, 3.05) is 13.1 Å². The lowest BCUT2D eigenvalue weighted by Gasteiger charge is -2.33. The van der Waals surface area contributed by atoms with Gasteiger partial charge in [-0.25, -0.2) is 8.42 Å². The molecule has 0 aliphatic carbocycles. The van der Waals surface area contributed by atoms with Crippen LogP contribution in [0.3, 0.4) is 0 Å². The van der Waals surface area contributed by atoms with E-state index in [0.29, 0.717) is 12.8 Å². The number of sulfonamides is 1. The third-order valence-corrected chi connectivity index (χ3v) is 6.49. The number of hydrogen-bond acceptors (Lipinski definition) is 5. The number of nitrogens with one attached hydrogen (secondary N) is 1. The molecule has 0 radical (unpaired) electrons. The van der Waals surface area contributed by atoms with Gasteiger partial charge in [-0.2, -0.15) is 4.31 Å². The summed E-state index contributed by atoms with van der Waals surface area (Å²) in [7, 11) is -4.01. The minimum Gasteiger partial charge on any atom is -0.317 e. The third kappa shape index (κ3) is 3.92. The molecule has 0 atom stereocenters. The van der Waals surface area contributed by atoms with E-state index in [0.717, 1.165) is 18.7 Å². The van der Waals surface area contributed by atoms with Gasteiger partial charge in [-0.15, -0.1) is 0 Å². The number of nitro groups is 1. The predicted molar refractivity (Wildman–Crippen MR) is 98.2 cm³/mol. The lowest BCUT2D eigenvalue weighted by Crippen LogP contribution is -2.45. The maximum absolute atomic E-state index is 13.4. The third-order valence-electron chi connectivity index (χ3n) is 4.55. The summed E-state index contributed by atoms with van der Waals surface area (Å²) in [6.07, 6.45) is 1.35. The molecule has 1 aliphatic heterocycles. The number of nitro benzene ring substituents is 1. The molecule has 1 heterocycles. The summed E-state index contributed by atoms with van der Waals surface area (Å²) < 4.78 is 28.1. The molecule has 0 saturated carbocycles. The second-order valence-electron chi connectivity index (χ2n) is 6.24. The van der Waals surface area contributed by atoms with E-state index in [-0.39, 0.29) is 23.2 Å². The second-order valence-corrected chi connectivity index (χ2v) is 8.10. The highest BCUT2D eigenvalue weighted by molar-refractivity contribution is 7.89. The van der Waals surface area contributed by atoms with E-state index in [1.807, 2.05) is 30.3 Å². The van der Waals surface area contributed by atoms with Gasteiger partial charge in [0.15, 0.2) is 4.90 Å². The Hall–Kier alpha value is -2.29. The van der Waals surface area contributed by atoms with Crippen LogP contribution in [0.1, 0.15) is 18.4 Å². The molecule has 0 amide bonds. The van der Waals surface area contributed by atoms with Crippen LogP contribution in [0, 0.1) is 10.1 Å². The SMILES string of the molecule is O=[N+]([O-])c1ccccc1S(=O)(=O)N(Cc1ccccc1)C1CCNCC1. The van der Waals surface area contributed by atoms with Gasteiger partial charge >= 0.3 is 0 Å². The fourth-order valence-electron chi connectivity index (χ4n) is 3.22. The molecule has 26 heavy (non-hydrogen) atoms. The molecule has 2 aromatic carbocycles. The molecular weight excluding hydrogens is 354 g/mol. The first kappa shape index (κ1) is 18.5. The Labute approximate surface area is 152 Å². The average Bonchev–Trinajstić information content (AvgIpc) is 2.67. The van der Waals surface area contributed by atoms with E-state index in [9.17, 15) is 18.5 Å². The molecule has 138 valence electrons. The summed E-state index contributed by atoms with van der Waals surface area (Å²) in [6, 6.07) is 14.7. The van der Waals surface area contributed by atoms with E-state index < -0.39 is 14.9 Å². The number of piperidine rings is 1. The maximum atomic E-state index is 13.4. The smallest absolute Gasteiger partial charge is 0.289 e. The van der Waals surface area contributed by atoms with Crippen molar-refractivity contribution in [3.63, 3.8) is 0 Å². The van der Waals surface area contributed by atoms with Crippen molar-refractivity contribution in [3.05, 3.63) is 70.3 Å². The van der Waals surface area contributed by atoms with Crippen molar-refractivity contribution in [2.24, 2.45) is 0 Å². The largest absolute Gasteiger partial charge is 0.317 e. The lowest BCUT2D eigenvalue weighted by molar-refractivity contribution is -0.387. The Bertz CT molecular complexity index is 865. The first-order valence-electron chi connectivity index (χ1n) is 8.50. The molecule has 1 aliphatic rings. The fraction of sp³-hybridized carbons (Fsp3) is 0.333. The zero-order valence-corrected chi connectivity index (χ0v) is 15.1. The highest BCUT2D eigenvalue weighted by atomic mass is 32.2. The molecule has 0 bridgehead atoms. The zero-order chi connectivity index (χ0) is 18.6. The van der Waals surface area contributed by atoms with Crippen molar-refractivity contribution in [1.29, 1.82) is 0 Å². The number of hydrogen-bond donors (Lipinski definition) is 1. The fourth-order valence-corrected chi connectivity index (χ4v) is 5.05. The summed E-state index contributed by atoms with van der Waals surface area (Å²) >= 11 is 0. The van der Waals surface area contributed by atoms with E-state index in [1.165, 1.54) is 28.6 Å². The van der Waals surface area contributed by atoms with Crippen LogP contribution in [0.25, 0.3) is 0 Å². The minimum atomic E-state index is -4.01. The number of nitrogens with zero attached hydrogens (tertiary/aromatic N) is 2. The lowest BCUT2D eigenvalue weighted by atomic mass is 10.1. The normalized spacial score (nSPS) is 15.9. The molecule has 0 unspecified atom stereocenters.